The molecule has 64 heavy (non-hydrogen) atoms. The predicted molar refractivity (Wildman–Crippen MR) is 272 cm³/mol. The lowest BCUT2D eigenvalue weighted by molar-refractivity contribution is 0.669. The SMILES string of the molecule is c1ccc(-c2ccc(N(c3ccc(-c4ccc5c(c4)c4cc(-c6ccc7sc8ccccc8c7c6)ccc4n5-c4ccccc4)cc3)c3ccc4c(c3)oc3ccccc34)cc2)cc1. The van der Waals surface area contributed by atoms with Crippen LogP contribution >= 0.6 is 11.3 Å². The van der Waals surface area contributed by atoms with Gasteiger partial charge in [0.1, 0.15) is 11.2 Å². The summed E-state index contributed by atoms with van der Waals surface area (Å²) in [6.45, 7) is 0. The number of fused-ring (bicyclic) bond motifs is 9. The van der Waals surface area contributed by atoms with Crippen LogP contribution in [0.1, 0.15) is 0 Å². The Balaban J connectivity index is 0.921. The quantitative estimate of drug-likeness (QED) is 0.159. The number of para-hydroxylation sites is 2. The largest absolute Gasteiger partial charge is 0.456 e. The van der Waals surface area contributed by atoms with Gasteiger partial charge in [-0.05, 0) is 130 Å². The number of anilines is 3. The highest BCUT2D eigenvalue weighted by Crippen LogP contribution is 2.42. The maximum Gasteiger partial charge on any atom is 0.137 e. The molecule has 0 amide bonds. The van der Waals surface area contributed by atoms with E-state index in [4.69, 9.17) is 4.42 Å². The Hall–Kier alpha value is -8.18. The Morgan fingerprint density at radius 2 is 0.797 bits per heavy atom. The molecule has 300 valence electrons. The first-order chi connectivity index (χ1) is 31.7. The van der Waals surface area contributed by atoms with Crippen LogP contribution in [0.15, 0.2) is 235 Å². The third-order valence-corrected chi connectivity index (χ3v) is 14.0. The molecular weight excluding hydrogens is 797 g/mol. The smallest absolute Gasteiger partial charge is 0.137 e. The molecule has 3 heterocycles. The molecule has 3 nitrogen and oxygen atoms in total. The molecule has 13 aromatic rings. The van der Waals surface area contributed by atoms with Gasteiger partial charge >= 0.3 is 0 Å². The first-order valence-electron chi connectivity index (χ1n) is 21.7. The minimum atomic E-state index is 0.868. The van der Waals surface area contributed by atoms with E-state index in [9.17, 15) is 0 Å². The minimum Gasteiger partial charge on any atom is -0.456 e. The van der Waals surface area contributed by atoms with Crippen molar-refractivity contribution in [1.82, 2.24) is 4.57 Å². The van der Waals surface area contributed by atoms with Crippen molar-refractivity contribution < 1.29 is 4.42 Å². The normalized spacial score (nSPS) is 11.8. The van der Waals surface area contributed by atoms with E-state index in [0.717, 1.165) is 50.3 Å². The van der Waals surface area contributed by atoms with E-state index in [1.54, 1.807) is 0 Å². The number of benzene rings is 10. The zero-order valence-electron chi connectivity index (χ0n) is 34.7. The van der Waals surface area contributed by atoms with Crippen molar-refractivity contribution in [2.24, 2.45) is 0 Å². The van der Waals surface area contributed by atoms with Gasteiger partial charge in [-0.25, -0.2) is 0 Å². The van der Waals surface area contributed by atoms with Gasteiger partial charge in [-0.2, -0.15) is 0 Å². The van der Waals surface area contributed by atoms with Crippen molar-refractivity contribution in [3.8, 4) is 39.1 Å². The van der Waals surface area contributed by atoms with E-state index in [0.29, 0.717) is 0 Å². The monoisotopic (exact) mass is 834 g/mol. The Kier molecular flexibility index (Phi) is 8.40. The van der Waals surface area contributed by atoms with Crippen LogP contribution in [0.5, 0.6) is 0 Å². The van der Waals surface area contributed by atoms with Crippen molar-refractivity contribution in [2.45, 2.75) is 0 Å². The third-order valence-electron chi connectivity index (χ3n) is 12.8. The van der Waals surface area contributed by atoms with E-state index < -0.39 is 0 Å². The van der Waals surface area contributed by atoms with Crippen LogP contribution in [0.2, 0.25) is 0 Å². The Labute approximate surface area is 373 Å². The van der Waals surface area contributed by atoms with Gasteiger partial charge in [-0.1, -0.05) is 127 Å². The molecule has 0 saturated heterocycles. The number of rotatable bonds is 7. The predicted octanol–water partition coefficient (Wildman–Crippen LogP) is 17.5. The number of nitrogens with zero attached hydrogens (tertiary/aromatic N) is 2. The summed E-state index contributed by atoms with van der Waals surface area (Å²) in [6.07, 6.45) is 0. The second kappa shape index (κ2) is 14.7. The van der Waals surface area contributed by atoms with Gasteiger partial charge in [-0.3, -0.25) is 0 Å². The average molecular weight is 835 g/mol. The van der Waals surface area contributed by atoms with Crippen molar-refractivity contribution in [3.63, 3.8) is 0 Å². The number of thiophene rings is 1. The zero-order valence-corrected chi connectivity index (χ0v) is 35.5. The van der Waals surface area contributed by atoms with Crippen LogP contribution in [0.25, 0.3) is 103 Å². The summed E-state index contributed by atoms with van der Waals surface area (Å²) in [5.41, 5.74) is 15.6. The molecule has 0 bridgehead atoms. The van der Waals surface area contributed by atoms with Crippen LogP contribution in [0.3, 0.4) is 0 Å². The number of furan rings is 1. The second-order valence-electron chi connectivity index (χ2n) is 16.5. The lowest BCUT2D eigenvalue weighted by Gasteiger charge is -2.26. The summed E-state index contributed by atoms with van der Waals surface area (Å²) < 4.78 is 11.4. The Bertz CT molecular complexity index is 3880. The summed E-state index contributed by atoms with van der Waals surface area (Å²) in [4.78, 5) is 2.32. The average Bonchev–Trinajstić information content (AvgIpc) is 4.03. The summed E-state index contributed by atoms with van der Waals surface area (Å²) in [5, 5.41) is 7.33. The van der Waals surface area contributed by atoms with Crippen molar-refractivity contribution >= 4 is 92.3 Å². The highest BCUT2D eigenvalue weighted by atomic mass is 32.1. The fourth-order valence-electron chi connectivity index (χ4n) is 9.68. The molecule has 4 heteroatoms. The van der Waals surface area contributed by atoms with E-state index in [-0.39, 0.29) is 0 Å². The van der Waals surface area contributed by atoms with Gasteiger partial charge in [0.25, 0.3) is 0 Å². The van der Waals surface area contributed by atoms with E-state index in [1.165, 1.54) is 69.8 Å². The highest BCUT2D eigenvalue weighted by Gasteiger charge is 2.18. The number of aromatic nitrogens is 1. The van der Waals surface area contributed by atoms with Crippen molar-refractivity contribution in [1.29, 1.82) is 0 Å². The molecule has 3 aromatic heterocycles. The molecule has 10 aromatic carbocycles. The van der Waals surface area contributed by atoms with Crippen LogP contribution in [0, 0.1) is 0 Å². The van der Waals surface area contributed by atoms with Gasteiger partial charge < -0.3 is 13.9 Å². The molecule has 0 aliphatic rings. The molecule has 0 saturated carbocycles. The molecule has 0 fully saturated rings. The van der Waals surface area contributed by atoms with Crippen LogP contribution in [-0.2, 0) is 0 Å². The second-order valence-corrected chi connectivity index (χ2v) is 17.6. The van der Waals surface area contributed by atoms with E-state index in [2.05, 4.69) is 228 Å². The van der Waals surface area contributed by atoms with Gasteiger partial charge in [0.05, 0.1) is 11.0 Å². The van der Waals surface area contributed by atoms with Crippen LogP contribution in [0.4, 0.5) is 17.1 Å². The molecule has 13 rings (SSSR count). The first-order valence-corrected chi connectivity index (χ1v) is 22.5. The fraction of sp³-hybridized carbons (Fsp3) is 0. The summed E-state index contributed by atoms with van der Waals surface area (Å²) in [7, 11) is 0. The fourth-order valence-corrected chi connectivity index (χ4v) is 10.8. The first kappa shape index (κ1) is 36.5. The third kappa shape index (κ3) is 6.03. The summed E-state index contributed by atoms with van der Waals surface area (Å²) in [6, 6.07) is 83.5. The van der Waals surface area contributed by atoms with Gasteiger partial charge in [0.15, 0.2) is 0 Å². The maximum absolute atomic E-state index is 6.40. The molecular formula is C60H38N2OS. The van der Waals surface area contributed by atoms with Gasteiger partial charge in [0, 0.05) is 70.5 Å². The Morgan fingerprint density at radius 1 is 0.312 bits per heavy atom. The summed E-state index contributed by atoms with van der Waals surface area (Å²) >= 11 is 1.86. The topological polar surface area (TPSA) is 21.3 Å². The van der Waals surface area contributed by atoms with Crippen LogP contribution < -0.4 is 4.90 Å². The maximum atomic E-state index is 6.40. The van der Waals surface area contributed by atoms with Crippen molar-refractivity contribution in [3.05, 3.63) is 231 Å². The van der Waals surface area contributed by atoms with E-state index in [1.807, 2.05) is 23.5 Å². The minimum absolute atomic E-state index is 0.868. The standard InChI is InChI=1S/C60H38N2OS/c1-3-11-39(12-4-1)40-19-26-46(27-20-40)61(48-30-31-50-49-15-7-9-17-57(49)63-58(50)38-48)47-28-21-41(22-29-47)42-23-32-55-52(35-42)53-36-43(24-33-56(53)62(55)45-13-5-2-6-14-45)44-25-34-60-54(37-44)51-16-8-10-18-59(51)64-60/h1-38H. The van der Waals surface area contributed by atoms with E-state index >= 15 is 0 Å². The number of hydrogen-bond donors (Lipinski definition) is 0. The molecule has 0 aliphatic carbocycles. The van der Waals surface area contributed by atoms with Gasteiger partial charge in [0.2, 0.25) is 0 Å². The molecule has 0 unspecified atom stereocenters. The molecule has 0 aliphatic heterocycles. The number of hydrogen-bond acceptors (Lipinski definition) is 3. The Morgan fingerprint density at radius 3 is 1.50 bits per heavy atom. The summed E-state index contributed by atoms with van der Waals surface area (Å²) in [5.74, 6) is 0. The lowest BCUT2D eigenvalue weighted by atomic mass is 9.99. The van der Waals surface area contributed by atoms with Gasteiger partial charge in [-0.15, -0.1) is 11.3 Å². The van der Waals surface area contributed by atoms with Crippen molar-refractivity contribution in [2.75, 3.05) is 4.90 Å². The van der Waals surface area contributed by atoms with Crippen LogP contribution in [-0.4, -0.2) is 4.57 Å². The molecule has 0 radical (unpaired) electrons. The zero-order chi connectivity index (χ0) is 42.1. The lowest BCUT2D eigenvalue weighted by Crippen LogP contribution is -2.09. The highest BCUT2D eigenvalue weighted by molar-refractivity contribution is 7.25. The molecule has 0 N–H and O–H groups in total. The molecule has 0 atom stereocenters. The molecule has 0 spiro atoms.